The van der Waals surface area contributed by atoms with Crippen molar-refractivity contribution in [3.63, 3.8) is 0 Å². The number of hydrogen-bond acceptors (Lipinski definition) is 6. The molecule has 0 bridgehead atoms. The van der Waals surface area contributed by atoms with Gasteiger partial charge in [0, 0.05) is 12.3 Å². The van der Waals surface area contributed by atoms with Crippen molar-refractivity contribution in [1.29, 1.82) is 0 Å². The van der Waals surface area contributed by atoms with E-state index in [0.29, 0.717) is 0 Å². The van der Waals surface area contributed by atoms with Crippen LogP contribution in [0.3, 0.4) is 0 Å². The van der Waals surface area contributed by atoms with E-state index in [1.807, 2.05) is 5.48 Å². The molecule has 136 valence electrons. The molecule has 0 aromatic rings. The van der Waals surface area contributed by atoms with Crippen LogP contribution in [0.1, 0.15) is 47.5 Å². The Morgan fingerprint density at radius 3 is 2.50 bits per heavy atom. The van der Waals surface area contributed by atoms with Gasteiger partial charge in [0.15, 0.2) is 5.78 Å². The van der Waals surface area contributed by atoms with Gasteiger partial charge in [0.2, 0.25) is 5.78 Å². The Morgan fingerprint density at radius 2 is 1.96 bits per heavy atom. The van der Waals surface area contributed by atoms with Crippen LogP contribution in [0.25, 0.3) is 0 Å². The summed E-state index contributed by atoms with van der Waals surface area (Å²) in [4.78, 5) is 52.6. The maximum atomic E-state index is 12.5. The molecular formula is C16H26N2O6. The first-order valence-corrected chi connectivity index (χ1v) is 7.99. The molecule has 2 unspecified atom stereocenters. The van der Waals surface area contributed by atoms with Crippen LogP contribution in [0.15, 0.2) is 0 Å². The maximum absolute atomic E-state index is 12.5. The molecule has 8 heteroatoms. The molecule has 1 aliphatic heterocycles. The summed E-state index contributed by atoms with van der Waals surface area (Å²) < 4.78 is 5.16. The van der Waals surface area contributed by atoms with E-state index in [-0.39, 0.29) is 31.1 Å². The second kappa shape index (κ2) is 8.23. The number of carbonyl (C=O) groups excluding carboxylic acids is 4. The van der Waals surface area contributed by atoms with Crippen LogP contribution < -0.4 is 10.8 Å². The van der Waals surface area contributed by atoms with Gasteiger partial charge in [-0.3, -0.25) is 19.2 Å². The molecule has 24 heavy (non-hydrogen) atoms. The third-order valence-electron chi connectivity index (χ3n) is 3.46. The fraction of sp³-hybridized carbons (Fsp3) is 0.750. The van der Waals surface area contributed by atoms with Gasteiger partial charge in [-0.1, -0.05) is 13.8 Å². The molecule has 1 rings (SSSR count). The van der Waals surface area contributed by atoms with Crippen molar-refractivity contribution < 1.29 is 28.8 Å². The largest absolute Gasteiger partial charge is 0.444 e. The van der Waals surface area contributed by atoms with Gasteiger partial charge in [-0.15, -0.1) is 0 Å². The number of carbonyl (C=O) groups is 4. The van der Waals surface area contributed by atoms with Crippen molar-refractivity contribution in [2.24, 2.45) is 11.8 Å². The number of rotatable bonds is 5. The van der Waals surface area contributed by atoms with Crippen LogP contribution in [0.2, 0.25) is 0 Å². The highest BCUT2D eigenvalue weighted by Gasteiger charge is 2.34. The van der Waals surface area contributed by atoms with E-state index in [2.05, 4.69) is 5.32 Å². The van der Waals surface area contributed by atoms with E-state index in [4.69, 9.17) is 9.57 Å². The van der Waals surface area contributed by atoms with Gasteiger partial charge >= 0.3 is 12.0 Å². The van der Waals surface area contributed by atoms with E-state index >= 15 is 0 Å². The molecule has 0 aromatic carbocycles. The summed E-state index contributed by atoms with van der Waals surface area (Å²) in [6.07, 6.45) is -0.558. The van der Waals surface area contributed by atoms with Crippen LogP contribution in [0.4, 0.5) is 4.79 Å². The minimum absolute atomic E-state index is 0.131. The minimum Gasteiger partial charge on any atom is -0.444 e. The number of Topliss-reactive ketones (excluding diaryl/α,β-unsaturated/α-hetero) is 2. The van der Waals surface area contributed by atoms with Gasteiger partial charge < -0.3 is 10.1 Å². The molecule has 0 spiro atoms. The predicted molar refractivity (Wildman–Crippen MR) is 84.8 cm³/mol. The second-order valence-electron chi connectivity index (χ2n) is 7.17. The fourth-order valence-corrected chi connectivity index (χ4v) is 2.30. The second-order valence-corrected chi connectivity index (χ2v) is 7.17. The van der Waals surface area contributed by atoms with Gasteiger partial charge in [0.25, 0.3) is 0 Å². The fourth-order valence-electron chi connectivity index (χ4n) is 2.30. The normalized spacial score (nSPS) is 20.2. The molecule has 2 atom stereocenters. The van der Waals surface area contributed by atoms with Gasteiger partial charge in [-0.05, 0) is 33.1 Å². The third-order valence-corrected chi connectivity index (χ3v) is 3.46. The molecular weight excluding hydrogens is 316 g/mol. The van der Waals surface area contributed by atoms with Crippen molar-refractivity contribution in [3.8, 4) is 0 Å². The molecule has 0 aliphatic carbocycles. The Balaban J connectivity index is 2.74. The van der Waals surface area contributed by atoms with Crippen molar-refractivity contribution in [1.82, 2.24) is 10.8 Å². The lowest BCUT2D eigenvalue weighted by atomic mass is 9.88. The summed E-state index contributed by atoms with van der Waals surface area (Å²) in [5.41, 5.74) is 1.34. The molecule has 1 fully saturated rings. The van der Waals surface area contributed by atoms with Crippen molar-refractivity contribution in [2.45, 2.75) is 59.1 Å². The summed E-state index contributed by atoms with van der Waals surface area (Å²) >= 11 is 0. The highest BCUT2D eigenvalue weighted by molar-refractivity contribution is 6.37. The third kappa shape index (κ3) is 6.27. The Labute approximate surface area is 141 Å². The monoisotopic (exact) mass is 342 g/mol. The first kappa shape index (κ1) is 20.1. The first-order chi connectivity index (χ1) is 11.0. The van der Waals surface area contributed by atoms with E-state index < -0.39 is 35.3 Å². The SMILES string of the molecule is CC(C)C(NC(=O)OC(C)(C)C)C(=O)CC1CCONC(=O)C1=O. The smallest absolute Gasteiger partial charge is 0.408 e. The highest BCUT2D eigenvalue weighted by Crippen LogP contribution is 2.17. The summed E-state index contributed by atoms with van der Waals surface area (Å²) in [5.74, 6) is -2.78. The van der Waals surface area contributed by atoms with E-state index in [1.54, 1.807) is 34.6 Å². The lowest BCUT2D eigenvalue weighted by Crippen LogP contribution is -2.47. The van der Waals surface area contributed by atoms with E-state index in [0.717, 1.165) is 0 Å². The van der Waals surface area contributed by atoms with Crippen LogP contribution in [-0.4, -0.2) is 41.8 Å². The standard InChI is InChI=1S/C16H26N2O6/c1-9(2)12(17-15(22)24-16(3,4)5)11(19)8-10-6-7-23-18-14(21)13(10)20/h9-10,12H,6-8H2,1-5H3,(H,17,22)(H,18,21). The van der Waals surface area contributed by atoms with Crippen LogP contribution >= 0.6 is 0 Å². The number of ether oxygens (including phenoxy) is 1. The van der Waals surface area contributed by atoms with E-state index in [1.165, 1.54) is 0 Å². The highest BCUT2D eigenvalue weighted by atomic mass is 16.7. The Morgan fingerprint density at radius 1 is 1.33 bits per heavy atom. The topological polar surface area (TPSA) is 111 Å². The van der Waals surface area contributed by atoms with Crippen LogP contribution in [0.5, 0.6) is 0 Å². The quantitative estimate of drug-likeness (QED) is 0.725. The van der Waals surface area contributed by atoms with Gasteiger partial charge in [-0.2, -0.15) is 0 Å². The number of ketones is 2. The number of hydrogen-bond donors (Lipinski definition) is 2. The molecule has 1 saturated heterocycles. The molecule has 0 radical (unpaired) electrons. The molecule has 2 amide bonds. The summed E-state index contributed by atoms with van der Waals surface area (Å²) in [7, 11) is 0. The average molecular weight is 342 g/mol. The number of amides is 2. The van der Waals surface area contributed by atoms with Crippen LogP contribution in [-0.2, 0) is 24.0 Å². The van der Waals surface area contributed by atoms with Gasteiger partial charge in [-0.25, -0.2) is 10.3 Å². The van der Waals surface area contributed by atoms with E-state index in [9.17, 15) is 19.2 Å². The van der Waals surface area contributed by atoms with Crippen molar-refractivity contribution in [2.75, 3.05) is 6.61 Å². The zero-order valence-corrected chi connectivity index (χ0v) is 14.8. The number of hydroxylamine groups is 1. The molecule has 8 nitrogen and oxygen atoms in total. The lowest BCUT2D eigenvalue weighted by Gasteiger charge is -2.25. The molecule has 2 N–H and O–H groups in total. The summed E-state index contributed by atoms with van der Waals surface area (Å²) in [5, 5.41) is 2.55. The molecule has 1 aliphatic rings. The van der Waals surface area contributed by atoms with Crippen molar-refractivity contribution >= 4 is 23.6 Å². The Bertz CT molecular complexity index is 509. The molecule has 1 heterocycles. The average Bonchev–Trinajstić information content (AvgIpc) is 2.58. The molecule has 0 saturated carbocycles. The summed E-state index contributed by atoms with van der Waals surface area (Å²) in [6, 6.07) is -0.792. The maximum Gasteiger partial charge on any atom is 0.408 e. The first-order valence-electron chi connectivity index (χ1n) is 7.99. The zero-order valence-electron chi connectivity index (χ0n) is 14.8. The van der Waals surface area contributed by atoms with Crippen LogP contribution in [0, 0.1) is 11.8 Å². The predicted octanol–water partition coefficient (Wildman–Crippen LogP) is 1.13. The van der Waals surface area contributed by atoms with Gasteiger partial charge in [0.1, 0.15) is 5.60 Å². The Kier molecular flexibility index (Phi) is 6.89. The number of alkyl carbamates (subject to hydrolysis) is 1. The van der Waals surface area contributed by atoms with Gasteiger partial charge in [0.05, 0.1) is 12.6 Å². The zero-order chi connectivity index (χ0) is 18.5. The minimum atomic E-state index is -0.855. The molecule has 0 aromatic heterocycles. The lowest BCUT2D eigenvalue weighted by molar-refractivity contribution is -0.145. The van der Waals surface area contributed by atoms with Crippen molar-refractivity contribution in [3.05, 3.63) is 0 Å². The number of nitrogens with one attached hydrogen (secondary N) is 2. The summed E-state index contributed by atoms with van der Waals surface area (Å²) in [6.45, 7) is 8.89. The Hall–Kier alpha value is -1.96.